The first-order valence-electron chi connectivity index (χ1n) is 15.8. The number of aromatic amines is 1. The van der Waals surface area contributed by atoms with Gasteiger partial charge in [-0.15, -0.1) is 0 Å². The van der Waals surface area contributed by atoms with E-state index in [0.717, 1.165) is 48.6 Å². The van der Waals surface area contributed by atoms with E-state index in [2.05, 4.69) is 10.3 Å². The number of H-pyrrole nitrogens is 1. The largest absolute Gasteiger partial charge is 0.444 e. The zero-order valence-corrected chi connectivity index (χ0v) is 26.1. The van der Waals surface area contributed by atoms with Gasteiger partial charge in [-0.05, 0) is 74.9 Å². The third-order valence-electron chi connectivity index (χ3n) is 9.05. The third kappa shape index (κ3) is 6.55. The number of ether oxygens (including phenoxy) is 2. The minimum absolute atomic E-state index is 0.0225. The number of carbonyl (C=O) groups excluding carboxylic acids is 3. The van der Waals surface area contributed by atoms with Crippen LogP contribution in [0.4, 0.5) is 14.0 Å². The van der Waals surface area contributed by atoms with Crippen LogP contribution in [-0.4, -0.2) is 63.7 Å². The molecule has 45 heavy (non-hydrogen) atoms. The number of amides is 3. The first kappa shape index (κ1) is 30.7. The standard InChI is InChI=1S/C35H41FN4O5/c1-35(2,3)45-33(42)38-30(23-12-8-5-9-13-23)32(41)39-17-16-29-31(39)27(26-19-37-28-18-24(36)14-15-25(26)28)20-40(29)34(43)44-21-22-10-6-4-7-11-22/h4,6-7,10-11,14-16,18-19,23,27,30-31,37H,5,8-9,12-13,17,20-21H2,1-3H3,(H,38,42). The quantitative estimate of drug-likeness (QED) is 0.324. The lowest BCUT2D eigenvalue weighted by molar-refractivity contribution is -0.136. The van der Waals surface area contributed by atoms with E-state index in [9.17, 15) is 18.8 Å². The number of alkyl carbamates (subject to hydrolysis) is 1. The summed E-state index contributed by atoms with van der Waals surface area (Å²) in [5, 5.41) is 3.76. The maximum atomic E-state index is 14.5. The highest BCUT2D eigenvalue weighted by Gasteiger charge is 2.50. The Morgan fingerprint density at radius 3 is 2.56 bits per heavy atom. The van der Waals surface area contributed by atoms with Gasteiger partial charge in [0.1, 0.15) is 24.1 Å². The maximum absolute atomic E-state index is 14.5. The normalized spacial score (nSPS) is 20.9. The smallest absolute Gasteiger partial charge is 0.414 e. The fraction of sp³-hybridized carbons (Fsp3) is 0.457. The summed E-state index contributed by atoms with van der Waals surface area (Å²) in [6.07, 6.45) is 7.39. The molecule has 2 fully saturated rings. The van der Waals surface area contributed by atoms with Gasteiger partial charge in [0.15, 0.2) is 0 Å². The number of hydrogen-bond donors (Lipinski definition) is 2. The molecule has 0 radical (unpaired) electrons. The van der Waals surface area contributed by atoms with Crippen LogP contribution >= 0.6 is 0 Å². The predicted octanol–water partition coefficient (Wildman–Crippen LogP) is 6.61. The summed E-state index contributed by atoms with van der Waals surface area (Å²) in [5.74, 6) is -0.875. The lowest BCUT2D eigenvalue weighted by Crippen LogP contribution is -2.55. The van der Waals surface area contributed by atoms with E-state index in [4.69, 9.17) is 9.47 Å². The molecular formula is C35H41FN4O5. The van der Waals surface area contributed by atoms with Gasteiger partial charge in [-0.2, -0.15) is 0 Å². The number of nitrogens with one attached hydrogen (secondary N) is 2. The molecule has 1 saturated carbocycles. The summed E-state index contributed by atoms with van der Waals surface area (Å²) in [4.78, 5) is 47.6. The molecule has 0 bridgehead atoms. The molecule has 1 aromatic heterocycles. The van der Waals surface area contributed by atoms with Gasteiger partial charge >= 0.3 is 12.2 Å². The molecule has 6 rings (SSSR count). The molecule has 2 aliphatic heterocycles. The summed E-state index contributed by atoms with van der Waals surface area (Å²) in [6, 6.07) is 12.8. The molecule has 9 nitrogen and oxygen atoms in total. The van der Waals surface area contributed by atoms with E-state index in [0.29, 0.717) is 11.2 Å². The minimum atomic E-state index is -0.760. The molecule has 3 aliphatic rings. The lowest BCUT2D eigenvalue weighted by atomic mass is 9.83. The number of fused-ring (bicyclic) bond motifs is 2. The molecule has 3 amide bonds. The van der Waals surface area contributed by atoms with Crippen LogP contribution in [-0.2, 0) is 20.9 Å². The Kier molecular flexibility index (Phi) is 8.57. The van der Waals surface area contributed by atoms with Crippen molar-refractivity contribution < 1.29 is 28.2 Å². The Balaban J connectivity index is 1.31. The summed E-state index contributed by atoms with van der Waals surface area (Å²) in [5.41, 5.74) is 2.38. The number of nitrogens with zero attached hydrogens (tertiary/aromatic N) is 2. The minimum Gasteiger partial charge on any atom is -0.444 e. The van der Waals surface area contributed by atoms with Crippen LogP contribution < -0.4 is 5.32 Å². The molecule has 0 spiro atoms. The highest BCUT2D eigenvalue weighted by atomic mass is 19.1. The van der Waals surface area contributed by atoms with Crippen molar-refractivity contribution in [1.82, 2.24) is 20.1 Å². The first-order valence-corrected chi connectivity index (χ1v) is 15.8. The van der Waals surface area contributed by atoms with Gasteiger partial charge in [-0.25, -0.2) is 14.0 Å². The van der Waals surface area contributed by atoms with E-state index < -0.39 is 29.9 Å². The van der Waals surface area contributed by atoms with Crippen molar-refractivity contribution in [2.45, 2.75) is 83.1 Å². The summed E-state index contributed by atoms with van der Waals surface area (Å²) in [7, 11) is 0. The first-order chi connectivity index (χ1) is 21.6. The molecule has 2 aromatic carbocycles. The van der Waals surface area contributed by atoms with Crippen molar-refractivity contribution in [1.29, 1.82) is 0 Å². The molecule has 2 N–H and O–H groups in total. The van der Waals surface area contributed by atoms with Gasteiger partial charge < -0.3 is 24.7 Å². The lowest BCUT2D eigenvalue weighted by Gasteiger charge is -2.36. The van der Waals surface area contributed by atoms with E-state index in [1.54, 1.807) is 36.6 Å². The number of rotatable bonds is 6. The van der Waals surface area contributed by atoms with Crippen LogP contribution in [0.1, 0.15) is 69.9 Å². The van der Waals surface area contributed by atoms with Gasteiger partial charge in [-0.1, -0.05) is 49.6 Å². The average Bonchev–Trinajstić information content (AvgIpc) is 3.73. The second kappa shape index (κ2) is 12.6. The van der Waals surface area contributed by atoms with Crippen molar-refractivity contribution >= 4 is 29.0 Å². The zero-order chi connectivity index (χ0) is 31.7. The van der Waals surface area contributed by atoms with Gasteiger partial charge in [0.25, 0.3) is 0 Å². The monoisotopic (exact) mass is 616 g/mol. The fourth-order valence-electron chi connectivity index (χ4n) is 7.04. The topological polar surface area (TPSA) is 104 Å². The van der Waals surface area contributed by atoms with Gasteiger partial charge in [-0.3, -0.25) is 9.69 Å². The second-order valence-electron chi connectivity index (χ2n) is 13.3. The van der Waals surface area contributed by atoms with Crippen molar-refractivity contribution in [2.75, 3.05) is 13.1 Å². The van der Waals surface area contributed by atoms with Crippen LogP contribution in [0.2, 0.25) is 0 Å². The maximum Gasteiger partial charge on any atom is 0.414 e. The SMILES string of the molecule is CC(C)(C)OC(=O)NC(C(=O)N1CC=C2C1C(c1c[nH]c3cc(F)ccc13)CN2C(=O)OCc1ccccc1)C1CCCCC1. The number of carbonyl (C=O) groups is 3. The number of likely N-dealkylation sites (tertiary alicyclic amines) is 1. The summed E-state index contributed by atoms with van der Waals surface area (Å²) in [6.45, 7) is 6.07. The van der Waals surface area contributed by atoms with E-state index >= 15 is 0 Å². The predicted molar refractivity (Wildman–Crippen MR) is 168 cm³/mol. The van der Waals surface area contributed by atoms with Crippen molar-refractivity contribution in [3.8, 4) is 0 Å². The molecule has 10 heteroatoms. The zero-order valence-electron chi connectivity index (χ0n) is 26.1. The molecule has 238 valence electrons. The van der Waals surface area contributed by atoms with Crippen LogP contribution in [0.5, 0.6) is 0 Å². The Morgan fingerprint density at radius 1 is 1.07 bits per heavy atom. The molecule has 1 saturated heterocycles. The Bertz CT molecular complexity index is 1590. The number of halogens is 1. The highest BCUT2D eigenvalue weighted by Crippen LogP contribution is 2.44. The number of hydrogen-bond acceptors (Lipinski definition) is 5. The average molecular weight is 617 g/mol. The molecule has 3 aromatic rings. The van der Waals surface area contributed by atoms with Crippen molar-refractivity contribution in [3.63, 3.8) is 0 Å². The molecule has 3 atom stereocenters. The van der Waals surface area contributed by atoms with Crippen molar-refractivity contribution in [2.24, 2.45) is 5.92 Å². The molecule has 3 unspecified atom stereocenters. The summed E-state index contributed by atoms with van der Waals surface area (Å²) >= 11 is 0. The highest BCUT2D eigenvalue weighted by molar-refractivity contribution is 5.89. The van der Waals surface area contributed by atoms with Crippen LogP contribution in [0, 0.1) is 11.7 Å². The van der Waals surface area contributed by atoms with Crippen LogP contribution in [0.25, 0.3) is 10.9 Å². The molecule has 3 heterocycles. The van der Waals surface area contributed by atoms with Crippen molar-refractivity contribution in [3.05, 3.63) is 83.4 Å². The van der Waals surface area contributed by atoms with Crippen LogP contribution in [0.15, 0.2) is 66.5 Å². The number of aromatic nitrogens is 1. The van der Waals surface area contributed by atoms with E-state index in [1.165, 1.54) is 12.1 Å². The number of benzene rings is 2. The third-order valence-corrected chi connectivity index (χ3v) is 9.05. The van der Waals surface area contributed by atoms with Gasteiger partial charge in [0.05, 0.1) is 6.04 Å². The molecule has 1 aliphatic carbocycles. The van der Waals surface area contributed by atoms with E-state index in [1.807, 2.05) is 42.6 Å². The Morgan fingerprint density at radius 2 is 1.82 bits per heavy atom. The van der Waals surface area contributed by atoms with Crippen LogP contribution in [0.3, 0.4) is 0 Å². The Hall–Kier alpha value is -4.34. The fourth-order valence-corrected chi connectivity index (χ4v) is 7.04. The summed E-state index contributed by atoms with van der Waals surface area (Å²) < 4.78 is 25.4. The van der Waals surface area contributed by atoms with E-state index in [-0.39, 0.29) is 43.3 Å². The molecular weight excluding hydrogens is 575 g/mol. The Labute approximate surface area is 262 Å². The van der Waals surface area contributed by atoms with Gasteiger partial charge in [0, 0.05) is 41.8 Å². The van der Waals surface area contributed by atoms with Gasteiger partial charge in [0.2, 0.25) is 5.91 Å². The second-order valence-corrected chi connectivity index (χ2v) is 13.3.